The first-order valence-corrected chi connectivity index (χ1v) is 11.4. The fourth-order valence-corrected chi connectivity index (χ4v) is 3.17. The van der Waals surface area contributed by atoms with Crippen molar-refractivity contribution in [2.24, 2.45) is 0 Å². The highest BCUT2D eigenvalue weighted by Gasteiger charge is 2.17. The second-order valence-electron chi connectivity index (χ2n) is 9.01. The highest BCUT2D eigenvalue weighted by molar-refractivity contribution is 5.94. The number of hydrogen-bond donors (Lipinski definition) is 3. The van der Waals surface area contributed by atoms with Crippen LogP contribution in [0.25, 0.3) is 0 Å². The van der Waals surface area contributed by atoms with E-state index in [2.05, 4.69) is 16.0 Å². The summed E-state index contributed by atoms with van der Waals surface area (Å²) in [5.41, 5.74) is 2.83. The number of amides is 3. The highest BCUT2D eigenvalue weighted by Crippen LogP contribution is 2.22. The van der Waals surface area contributed by atoms with E-state index in [4.69, 9.17) is 9.47 Å². The predicted octanol–water partition coefficient (Wildman–Crippen LogP) is 4.24. The lowest BCUT2D eigenvalue weighted by atomic mass is 10.1. The zero-order valence-corrected chi connectivity index (χ0v) is 20.6. The maximum Gasteiger partial charge on any atom is 0.408 e. The minimum atomic E-state index is -0.662. The molecule has 3 amide bonds. The number of para-hydroxylation sites is 2. The highest BCUT2D eigenvalue weighted by atomic mass is 16.6. The zero-order chi connectivity index (χ0) is 25.1. The molecule has 0 bridgehead atoms. The van der Waals surface area contributed by atoms with Gasteiger partial charge in [0.1, 0.15) is 17.9 Å². The van der Waals surface area contributed by atoms with Crippen molar-refractivity contribution in [3.8, 4) is 5.75 Å². The molecular formula is C26H35N3O5. The molecule has 0 unspecified atom stereocenters. The maximum absolute atomic E-state index is 12.3. The largest absolute Gasteiger partial charge is 0.493 e. The van der Waals surface area contributed by atoms with Crippen LogP contribution in [0.3, 0.4) is 0 Å². The summed E-state index contributed by atoms with van der Waals surface area (Å²) in [6.07, 6.45) is 0.262. The Bertz CT molecular complexity index is 978. The Labute approximate surface area is 201 Å². The number of hydrogen-bond acceptors (Lipinski definition) is 5. The minimum absolute atomic E-state index is 0.0992. The third kappa shape index (κ3) is 9.52. The summed E-state index contributed by atoms with van der Waals surface area (Å²) in [5.74, 6) is 0.375. The van der Waals surface area contributed by atoms with Crippen molar-refractivity contribution in [1.82, 2.24) is 10.6 Å². The molecule has 0 spiro atoms. The molecule has 184 valence electrons. The number of rotatable bonds is 10. The first-order chi connectivity index (χ1) is 16.0. The maximum atomic E-state index is 12.3. The number of ether oxygens (including phenoxy) is 2. The average molecular weight is 470 g/mol. The van der Waals surface area contributed by atoms with Crippen molar-refractivity contribution in [2.75, 3.05) is 18.5 Å². The normalized spacial score (nSPS) is 10.9. The van der Waals surface area contributed by atoms with Gasteiger partial charge in [0.2, 0.25) is 11.8 Å². The van der Waals surface area contributed by atoms with Gasteiger partial charge in [0.25, 0.3) is 0 Å². The van der Waals surface area contributed by atoms with Gasteiger partial charge in [-0.15, -0.1) is 0 Å². The van der Waals surface area contributed by atoms with Crippen LogP contribution in [0.5, 0.6) is 5.75 Å². The fraction of sp³-hybridized carbons (Fsp3) is 0.423. The lowest BCUT2D eigenvalue weighted by Crippen LogP contribution is -2.37. The molecule has 0 aromatic heterocycles. The smallest absolute Gasteiger partial charge is 0.408 e. The summed E-state index contributed by atoms with van der Waals surface area (Å²) in [6, 6.07) is 13.2. The van der Waals surface area contributed by atoms with Gasteiger partial charge < -0.3 is 25.4 Å². The van der Waals surface area contributed by atoms with Crippen LogP contribution in [0, 0.1) is 13.8 Å². The van der Waals surface area contributed by atoms with Crippen LogP contribution in [0.1, 0.15) is 50.3 Å². The Balaban J connectivity index is 1.76. The van der Waals surface area contributed by atoms with Crippen LogP contribution in [0.4, 0.5) is 10.5 Å². The average Bonchev–Trinajstić information content (AvgIpc) is 2.75. The Morgan fingerprint density at radius 3 is 2.24 bits per heavy atom. The molecule has 34 heavy (non-hydrogen) atoms. The number of anilines is 1. The van der Waals surface area contributed by atoms with Gasteiger partial charge in [-0.05, 0) is 63.8 Å². The molecule has 2 aromatic carbocycles. The van der Waals surface area contributed by atoms with E-state index in [1.165, 1.54) is 0 Å². The molecule has 8 nitrogen and oxygen atoms in total. The SMILES string of the molecule is Cc1cccc(C)c1OCCCC(=O)NCc1ccccc1NC(=O)CNC(=O)OC(C)(C)C. The predicted molar refractivity (Wildman–Crippen MR) is 132 cm³/mol. The lowest BCUT2D eigenvalue weighted by Gasteiger charge is -2.19. The van der Waals surface area contributed by atoms with Crippen LogP contribution in [-0.2, 0) is 20.9 Å². The Morgan fingerprint density at radius 2 is 1.56 bits per heavy atom. The van der Waals surface area contributed by atoms with E-state index in [9.17, 15) is 14.4 Å². The van der Waals surface area contributed by atoms with Gasteiger partial charge in [-0.25, -0.2) is 4.79 Å². The van der Waals surface area contributed by atoms with Gasteiger partial charge in [0.15, 0.2) is 0 Å². The van der Waals surface area contributed by atoms with Crippen molar-refractivity contribution in [1.29, 1.82) is 0 Å². The zero-order valence-electron chi connectivity index (χ0n) is 20.6. The van der Waals surface area contributed by atoms with Gasteiger partial charge in [0.05, 0.1) is 6.61 Å². The first kappa shape index (κ1) is 26.7. The van der Waals surface area contributed by atoms with Gasteiger partial charge in [-0.1, -0.05) is 36.4 Å². The molecule has 0 aliphatic heterocycles. The van der Waals surface area contributed by atoms with Crippen molar-refractivity contribution in [2.45, 2.75) is 59.6 Å². The fourth-order valence-electron chi connectivity index (χ4n) is 3.17. The van der Waals surface area contributed by atoms with Crippen LogP contribution in [0.15, 0.2) is 42.5 Å². The number of alkyl carbamates (subject to hydrolysis) is 1. The number of aryl methyl sites for hydroxylation is 2. The van der Waals surface area contributed by atoms with Crippen LogP contribution >= 0.6 is 0 Å². The van der Waals surface area contributed by atoms with Crippen molar-refractivity contribution < 1.29 is 23.9 Å². The molecule has 0 aliphatic rings. The summed E-state index contributed by atoms with van der Waals surface area (Å²) < 4.78 is 11.0. The van der Waals surface area contributed by atoms with E-state index in [-0.39, 0.29) is 19.0 Å². The second kappa shape index (κ2) is 12.6. The molecule has 0 saturated heterocycles. The van der Waals surface area contributed by atoms with Crippen LogP contribution in [0.2, 0.25) is 0 Å². The molecule has 0 saturated carbocycles. The van der Waals surface area contributed by atoms with E-state index in [0.717, 1.165) is 22.4 Å². The monoisotopic (exact) mass is 469 g/mol. The van der Waals surface area contributed by atoms with E-state index in [1.807, 2.05) is 44.2 Å². The van der Waals surface area contributed by atoms with Crippen molar-refractivity contribution >= 4 is 23.6 Å². The molecule has 0 atom stereocenters. The summed E-state index contributed by atoms with van der Waals surface area (Å²) >= 11 is 0. The van der Waals surface area contributed by atoms with E-state index >= 15 is 0 Å². The Kier molecular flexibility index (Phi) is 9.92. The molecule has 0 aliphatic carbocycles. The molecule has 2 rings (SSSR count). The number of benzene rings is 2. The second-order valence-corrected chi connectivity index (χ2v) is 9.01. The summed E-state index contributed by atoms with van der Waals surface area (Å²) in [6.45, 7) is 9.73. The van der Waals surface area contributed by atoms with Gasteiger partial charge >= 0.3 is 6.09 Å². The summed E-state index contributed by atoms with van der Waals surface area (Å²) in [4.78, 5) is 36.2. The molecule has 2 aromatic rings. The summed E-state index contributed by atoms with van der Waals surface area (Å²) in [7, 11) is 0. The number of carbonyl (C=O) groups is 3. The first-order valence-electron chi connectivity index (χ1n) is 11.4. The van der Waals surface area contributed by atoms with E-state index < -0.39 is 17.6 Å². The van der Waals surface area contributed by atoms with Gasteiger partial charge in [0, 0.05) is 18.7 Å². The minimum Gasteiger partial charge on any atom is -0.493 e. The molecule has 0 heterocycles. The quantitative estimate of drug-likeness (QED) is 0.451. The van der Waals surface area contributed by atoms with E-state index in [1.54, 1.807) is 32.9 Å². The van der Waals surface area contributed by atoms with Crippen molar-refractivity contribution in [3.63, 3.8) is 0 Å². The standard InChI is InChI=1S/C26H35N3O5/c1-18-10-8-11-19(2)24(18)33-15-9-14-22(30)27-16-20-12-6-7-13-21(20)29-23(31)17-28-25(32)34-26(3,4)5/h6-8,10-13H,9,14-17H2,1-5H3,(H,27,30)(H,28,32)(H,29,31). The molecule has 8 heteroatoms. The summed E-state index contributed by atoms with van der Waals surface area (Å²) in [5, 5.41) is 8.05. The topological polar surface area (TPSA) is 106 Å². The number of nitrogens with one attached hydrogen (secondary N) is 3. The van der Waals surface area contributed by atoms with Crippen molar-refractivity contribution in [3.05, 3.63) is 59.2 Å². The van der Waals surface area contributed by atoms with Crippen LogP contribution < -0.4 is 20.7 Å². The lowest BCUT2D eigenvalue weighted by molar-refractivity contribution is -0.121. The van der Waals surface area contributed by atoms with Gasteiger partial charge in [-0.3, -0.25) is 9.59 Å². The molecule has 0 fully saturated rings. The number of carbonyl (C=O) groups excluding carboxylic acids is 3. The third-order valence-corrected chi connectivity index (χ3v) is 4.76. The van der Waals surface area contributed by atoms with Crippen LogP contribution in [-0.4, -0.2) is 36.7 Å². The molecule has 0 radical (unpaired) electrons. The third-order valence-electron chi connectivity index (χ3n) is 4.76. The van der Waals surface area contributed by atoms with E-state index in [0.29, 0.717) is 25.1 Å². The van der Waals surface area contributed by atoms with Gasteiger partial charge in [-0.2, -0.15) is 0 Å². The Hall–Kier alpha value is -3.55. The molecule has 3 N–H and O–H groups in total. The Morgan fingerprint density at radius 1 is 0.882 bits per heavy atom. The molecular weight excluding hydrogens is 434 g/mol.